The van der Waals surface area contributed by atoms with Crippen LogP contribution in [-0.4, -0.2) is 24.0 Å². The van der Waals surface area contributed by atoms with Gasteiger partial charge in [0.15, 0.2) is 0 Å². The largest absolute Gasteiger partial charge is 0.335 e. The zero-order valence-corrected chi connectivity index (χ0v) is 9.97. The first-order chi connectivity index (χ1) is 7.70. The normalized spacial score (nSPS) is 19.8. The first-order valence-electron chi connectivity index (χ1n) is 4.99. The SMILES string of the molecule is CSc1ccc(C2=NNC(=O)NC2C)cc1. The molecule has 1 aromatic rings. The third-order valence-corrected chi connectivity index (χ3v) is 3.17. The van der Waals surface area contributed by atoms with Crippen molar-refractivity contribution in [3.63, 3.8) is 0 Å². The third kappa shape index (κ3) is 2.19. The van der Waals surface area contributed by atoms with Crippen LogP contribution >= 0.6 is 11.8 Å². The van der Waals surface area contributed by atoms with Crippen LogP contribution < -0.4 is 10.7 Å². The molecule has 0 aromatic heterocycles. The number of rotatable bonds is 2. The second-order valence-electron chi connectivity index (χ2n) is 3.53. The lowest BCUT2D eigenvalue weighted by Crippen LogP contribution is -2.48. The topological polar surface area (TPSA) is 53.5 Å². The first-order valence-corrected chi connectivity index (χ1v) is 6.21. The Morgan fingerprint density at radius 2 is 2.00 bits per heavy atom. The number of carbonyl (C=O) groups excluding carboxylic acids is 1. The van der Waals surface area contributed by atoms with Crippen molar-refractivity contribution >= 4 is 23.5 Å². The van der Waals surface area contributed by atoms with Crippen LogP contribution in [0.1, 0.15) is 12.5 Å². The van der Waals surface area contributed by atoms with E-state index in [0.29, 0.717) is 0 Å². The second kappa shape index (κ2) is 4.57. The van der Waals surface area contributed by atoms with Gasteiger partial charge in [0.2, 0.25) is 0 Å². The van der Waals surface area contributed by atoms with E-state index in [1.165, 1.54) is 4.90 Å². The molecule has 1 heterocycles. The predicted molar refractivity (Wildman–Crippen MR) is 65.9 cm³/mol. The molecular formula is C11H13N3OS. The number of hydrogen-bond acceptors (Lipinski definition) is 3. The Balaban J connectivity index is 2.26. The molecule has 1 unspecified atom stereocenters. The van der Waals surface area contributed by atoms with Crippen LogP contribution in [0.4, 0.5) is 4.79 Å². The molecule has 1 aromatic carbocycles. The van der Waals surface area contributed by atoms with Gasteiger partial charge in [-0.05, 0) is 30.9 Å². The molecule has 0 radical (unpaired) electrons. The van der Waals surface area contributed by atoms with Crippen molar-refractivity contribution in [3.8, 4) is 0 Å². The zero-order valence-electron chi connectivity index (χ0n) is 9.15. The first kappa shape index (κ1) is 11.0. The maximum absolute atomic E-state index is 11.0. The molecule has 5 heteroatoms. The molecule has 1 aliphatic heterocycles. The number of benzene rings is 1. The number of hydrazone groups is 1. The smallest absolute Gasteiger partial charge is 0.328 e. The summed E-state index contributed by atoms with van der Waals surface area (Å²) in [5.41, 5.74) is 4.30. The number of amides is 2. The molecule has 84 valence electrons. The fraction of sp³-hybridized carbons (Fsp3) is 0.273. The van der Waals surface area contributed by atoms with Crippen molar-refractivity contribution in [2.24, 2.45) is 5.10 Å². The maximum Gasteiger partial charge on any atom is 0.335 e. The van der Waals surface area contributed by atoms with Gasteiger partial charge in [0.25, 0.3) is 0 Å². The average Bonchev–Trinajstić information content (AvgIpc) is 2.29. The number of thioether (sulfide) groups is 1. The Hall–Kier alpha value is -1.49. The van der Waals surface area contributed by atoms with E-state index < -0.39 is 0 Å². The molecule has 0 saturated carbocycles. The van der Waals surface area contributed by atoms with Crippen LogP contribution in [0.25, 0.3) is 0 Å². The highest BCUT2D eigenvalue weighted by molar-refractivity contribution is 7.98. The van der Waals surface area contributed by atoms with Crippen LogP contribution in [0, 0.1) is 0 Å². The van der Waals surface area contributed by atoms with E-state index in [4.69, 9.17) is 0 Å². The molecule has 1 atom stereocenters. The summed E-state index contributed by atoms with van der Waals surface area (Å²) in [6.45, 7) is 1.92. The molecule has 2 amide bonds. The van der Waals surface area contributed by atoms with Gasteiger partial charge in [-0.15, -0.1) is 11.8 Å². The van der Waals surface area contributed by atoms with E-state index in [1.54, 1.807) is 11.8 Å². The summed E-state index contributed by atoms with van der Waals surface area (Å²) in [5.74, 6) is 0. The van der Waals surface area contributed by atoms with Crippen LogP contribution in [0.2, 0.25) is 0 Å². The molecule has 0 aliphatic carbocycles. The molecule has 0 fully saturated rings. The van der Waals surface area contributed by atoms with E-state index in [1.807, 2.05) is 37.4 Å². The second-order valence-corrected chi connectivity index (χ2v) is 4.41. The standard InChI is InChI=1S/C11H13N3OS/c1-7-10(13-14-11(15)12-7)8-3-5-9(16-2)6-4-8/h3-7H,1-2H3,(H2,12,14,15). The molecular weight excluding hydrogens is 222 g/mol. The summed E-state index contributed by atoms with van der Waals surface area (Å²) in [7, 11) is 0. The van der Waals surface area contributed by atoms with E-state index in [2.05, 4.69) is 15.8 Å². The van der Waals surface area contributed by atoms with Crippen LogP contribution in [0.3, 0.4) is 0 Å². The van der Waals surface area contributed by atoms with Crippen molar-refractivity contribution in [1.29, 1.82) is 0 Å². The molecule has 1 aliphatic rings. The number of carbonyl (C=O) groups is 1. The summed E-state index contributed by atoms with van der Waals surface area (Å²) in [4.78, 5) is 12.2. The van der Waals surface area contributed by atoms with E-state index in [0.717, 1.165) is 11.3 Å². The molecule has 0 saturated heterocycles. The van der Waals surface area contributed by atoms with E-state index in [9.17, 15) is 4.79 Å². The van der Waals surface area contributed by atoms with Gasteiger partial charge < -0.3 is 5.32 Å². The van der Waals surface area contributed by atoms with Crippen molar-refractivity contribution in [3.05, 3.63) is 29.8 Å². The highest BCUT2D eigenvalue weighted by Crippen LogP contribution is 2.16. The Kier molecular flexibility index (Phi) is 3.14. The number of nitrogens with zero attached hydrogens (tertiary/aromatic N) is 1. The van der Waals surface area contributed by atoms with Gasteiger partial charge in [0.1, 0.15) is 0 Å². The van der Waals surface area contributed by atoms with E-state index >= 15 is 0 Å². The van der Waals surface area contributed by atoms with Crippen LogP contribution in [-0.2, 0) is 0 Å². The monoisotopic (exact) mass is 235 g/mol. The summed E-state index contributed by atoms with van der Waals surface area (Å²) in [5, 5.41) is 6.84. The van der Waals surface area contributed by atoms with E-state index in [-0.39, 0.29) is 12.1 Å². The minimum atomic E-state index is -0.253. The highest BCUT2D eigenvalue weighted by Gasteiger charge is 2.19. The van der Waals surface area contributed by atoms with Gasteiger partial charge in [0.05, 0.1) is 11.8 Å². The van der Waals surface area contributed by atoms with Crippen LogP contribution in [0.5, 0.6) is 0 Å². The Morgan fingerprint density at radius 1 is 1.31 bits per heavy atom. The lowest BCUT2D eigenvalue weighted by atomic mass is 10.0. The third-order valence-electron chi connectivity index (χ3n) is 2.42. The van der Waals surface area contributed by atoms with Crippen molar-refractivity contribution in [2.75, 3.05) is 6.26 Å². The fourth-order valence-electron chi connectivity index (χ4n) is 1.58. The average molecular weight is 235 g/mol. The Labute approximate surface area is 98.5 Å². The lowest BCUT2D eigenvalue weighted by molar-refractivity contribution is 0.239. The minimum absolute atomic E-state index is 0.0612. The van der Waals surface area contributed by atoms with Crippen LogP contribution in [0.15, 0.2) is 34.3 Å². The van der Waals surface area contributed by atoms with Crippen molar-refractivity contribution in [1.82, 2.24) is 10.7 Å². The predicted octanol–water partition coefficient (Wildman–Crippen LogP) is 1.81. The molecule has 0 bridgehead atoms. The quantitative estimate of drug-likeness (QED) is 0.768. The van der Waals surface area contributed by atoms with Gasteiger partial charge in [-0.3, -0.25) is 0 Å². The number of urea groups is 1. The summed E-state index contributed by atoms with van der Waals surface area (Å²) >= 11 is 1.70. The number of hydrogen-bond donors (Lipinski definition) is 2. The summed E-state index contributed by atoms with van der Waals surface area (Å²) in [6, 6.07) is 7.81. The van der Waals surface area contributed by atoms with Gasteiger partial charge >= 0.3 is 6.03 Å². The fourth-order valence-corrected chi connectivity index (χ4v) is 1.99. The summed E-state index contributed by atoms with van der Waals surface area (Å²) < 4.78 is 0. The Bertz CT molecular complexity index is 427. The molecule has 16 heavy (non-hydrogen) atoms. The lowest BCUT2D eigenvalue weighted by Gasteiger charge is -2.21. The minimum Gasteiger partial charge on any atom is -0.328 e. The molecule has 0 spiro atoms. The molecule has 4 nitrogen and oxygen atoms in total. The van der Waals surface area contributed by atoms with Gasteiger partial charge in [-0.25, -0.2) is 10.2 Å². The summed E-state index contributed by atoms with van der Waals surface area (Å²) in [6.07, 6.45) is 2.04. The molecule has 2 rings (SSSR count). The molecule has 2 N–H and O–H groups in total. The van der Waals surface area contributed by atoms with Gasteiger partial charge in [-0.2, -0.15) is 5.10 Å². The number of nitrogens with one attached hydrogen (secondary N) is 2. The Morgan fingerprint density at radius 3 is 2.56 bits per heavy atom. The maximum atomic E-state index is 11.0. The highest BCUT2D eigenvalue weighted by atomic mass is 32.2. The zero-order chi connectivity index (χ0) is 11.5. The van der Waals surface area contributed by atoms with Crippen molar-refractivity contribution < 1.29 is 4.79 Å². The van der Waals surface area contributed by atoms with Gasteiger partial charge in [0, 0.05) is 4.90 Å². The van der Waals surface area contributed by atoms with Gasteiger partial charge in [-0.1, -0.05) is 12.1 Å². The van der Waals surface area contributed by atoms with Crippen molar-refractivity contribution in [2.45, 2.75) is 17.9 Å².